The topological polar surface area (TPSA) is 69.5 Å². The van der Waals surface area contributed by atoms with Crippen LogP contribution in [0.1, 0.15) is 31.2 Å². The van der Waals surface area contributed by atoms with Gasteiger partial charge in [-0.15, -0.1) is 10.2 Å². The third-order valence-electron chi connectivity index (χ3n) is 6.91. The Morgan fingerprint density at radius 1 is 1.09 bits per heavy atom. The van der Waals surface area contributed by atoms with Crippen LogP contribution in [0.3, 0.4) is 0 Å². The van der Waals surface area contributed by atoms with E-state index < -0.39 is 0 Å². The van der Waals surface area contributed by atoms with E-state index in [-0.39, 0.29) is 18.1 Å². The zero-order chi connectivity index (χ0) is 24.0. The Hall–Kier alpha value is -2.84. The summed E-state index contributed by atoms with van der Waals surface area (Å²) in [5, 5.41) is 9.79. The number of rotatable bonds is 8. The minimum atomic E-state index is 0.159. The average Bonchev–Trinajstić information content (AvgIpc) is 3.33. The summed E-state index contributed by atoms with van der Waals surface area (Å²) in [7, 11) is 1.67. The minimum absolute atomic E-state index is 0.159. The van der Waals surface area contributed by atoms with Crippen molar-refractivity contribution < 1.29 is 14.3 Å². The molecule has 1 amide bonds. The highest BCUT2D eigenvalue weighted by molar-refractivity contribution is 7.99. The number of amides is 1. The van der Waals surface area contributed by atoms with Crippen LogP contribution in [0.25, 0.3) is 11.4 Å². The molecule has 1 saturated carbocycles. The molecule has 2 atom stereocenters. The number of aromatic nitrogens is 3. The van der Waals surface area contributed by atoms with Gasteiger partial charge in [-0.25, -0.2) is 0 Å². The molecule has 7 nitrogen and oxygen atoms in total. The summed E-state index contributed by atoms with van der Waals surface area (Å²) >= 11 is 1.47. The Morgan fingerprint density at radius 2 is 1.89 bits per heavy atom. The lowest BCUT2D eigenvalue weighted by Crippen LogP contribution is -2.55. The maximum absolute atomic E-state index is 13.3. The smallest absolute Gasteiger partial charge is 0.233 e. The van der Waals surface area contributed by atoms with Gasteiger partial charge < -0.3 is 18.9 Å². The van der Waals surface area contributed by atoms with Crippen LogP contribution < -0.4 is 4.74 Å². The van der Waals surface area contributed by atoms with Gasteiger partial charge in [-0.05, 0) is 37.0 Å². The average molecular weight is 493 g/mol. The predicted molar refractivity (Wildman–Crippen MR) is 137 cm³/mol. The molecule has 3 aromatic rings. The zero-order valence-corrected chi connectivity index (χ0v) is 21.0. The normalized spacial score (nSPS) is 19.9. The fourth-order valence-electron chi connectivity index (χ4n) is 5.13. The number of aryl methyl sites for hydroxylation is 1. The fourth-order valence-corrected chi connectivity index (χ4v) is 5.98. The number of methoxy groups -OCH3 is 1. The van der Waals surface area contributed by atoms with Gasteiger partial charge in [-0.3, -0.25) is 4.79 Å². The number of ether oxygens (including phenoxy) is 2. The third-order valence-corrected chi connectivity index (χ3v) is 7.86. The summed E-state index contributed by atoms with van der Waals surface area (Å²) < 4.78 is 13.7. The predicted octanol–water partition coefficient (Wildman–Crippen LogP) is 4.46. The van der Waals surface area contributed by atoms with Gasteiger partial charge in [-0.2, -0.15) is 0 Å². The molecule has 8 heteroatoms. The molecule has 2 unspecified atom stereocenters. The number of para-hydroxylation sites is 1. The van der Waals surface area contributed by atoms with Crippen LogP contribution in [0.4, 0.5) is 0 Å². The number of morpholine rings is 1. The van der Waals surface area contributed by atoms with Crippen LogP contribution in [0.15, 0.2) is 59.8 Å². The summed E-state index contributed by atoms with van der Waals surface area (Å²) in [5.41, 5.74) is 2.14. The van der Waals surface area contributed by atoms with E-state index in [9.17, 15) is 4.79 Å². The molecule has 0 N–H and O–H groups in total. The Balaban J connectivity index is 1.36. The van der Waals surface area contributed by atoms with Crippen LogP contribution >= 0.6 is 11.8 Å². The Kier molecular flexibility index (Phi) is 7.69. The highest BCUT2D eigenvalue weighted by atomic mass is 32.2. The van der Waals surface area contributed by atoms with Gasteiger partial charge in [0.2, 0.25) is 5.91 Å². The molecule has 1 aliphatic heterocycles. The van der Waals surface area contributed by atoms with Crippen LogP contribution in [-0.2, 0) is 22.5 Å². The first-order valence-electron chi connectivity index (χ1n) is 12.4. The second kappa shape index (κ2) is 11.3. The molecule has 2 aromatic carbocycles. The van der Waals surface area contributed by atoms with Crippen molar-refractivity contribution in [2.45, 2.75) is 56.0 Å². The molecule has 35 heavy (non-hydrogen) atoms. The first-order chi connectivity index (χ1) is 17.2. The zero-order valence-electron chi connectivity index (χ0n) is 20.1. The number of benzene rings is 2. The first kappa shape index (κ1) is 23.9. The van der Waals surface area contributed by atoms with Crippen molar-refractivity contribution in [1.82, 2.24) is 19.7 Å². The van der Waals surface area contributed by atoms with Crippen molar-refractivity contribution in [3.63, 3.8) is 0 Å². The Bertz CT molecular complexity index is 1130. The summed E-state index contributed by atoms with van der Waals surface area (Å²) in [6.07, 6.45) is 5.48. The fraction of sp³-hybridized carbons (Fsp3) is 0.444. The van der Waals surface area contributed by atoms with E-state index in [1.165, 1.54) is 23.7 Å². The van der Waals surface area contributed by atoms with Gasteiger partial charge in [0, 0.05) is 13.1 Å². The van der Waals surface area contributed by atoms with Gasteiger partial charge in [0.1, 0.15) is 5.75 Å². The lowest BCUT2D eigenvalue weighted by molar-refractivity contribution is -0.146. The Morgan fingerprint density at radius 3 is 2.74 bits per heavy atom. The third kappa shape index (κ3) is 5.38. The number of fused-ring (bicyclic) bond motifs is 1. The van der Waals surface area contributed by atoms with E-state index in [4.69, 9.17) is 9.47 Å². The molecule has 0 radical (unpaired) electrons. The lowest BCUT2D eigenvalue weighted by atomic mass is 9.90. The van der Waals surface area contributed by atoms with Crippen LogP contribution in [0.2, 0.25) is 0 Å². The van der Waals surface area contributed by atoms with Gasteiger partial charge in [-0.1, -0.05) is 67.1 Å². The maximum Gasteiger partial charge on any atom is 0.233 e. The number of hydrogen-bond acceptors (Lipinski definition) is 6. The van der Waals surface area contributed by atoms with E-state index >= 15 is 0 Å². The van der Waals surface area contributed by atoms with Gasteiger partial charge in [0.25, 0.3) is 0 Å². The Labute approximate surface area is 210 Å². The number of nitrogens with zero attached hydrogens (tertiary/aromatic N) is 4. The molecule has 2 heterocycles. The van der Waals surface area contributed by atoms with Gasteiger partial charge in [0.05, 0.1) is 37.2 Å². The second-order valence-corrected chi connectivity index (χ2v) is 9.97. The van der Waals surface area contributed by atoms with Crippen LogP contribution in [0, 0.1) is 0 Å². The van der Waals surface area contributed by atoms with Gasteiger partial charge >= 0.3 is 0 Å². The maximum atomic E-state index is 13.3. The summed E-state index contributed by atoms with van der Waals surface area (Å²) in [4.78, 5) is 15.3. The molecule has 1 aliphatic carbocycles. The monoisotopic (exact) mass is 492 g/mol. The van der Waals surface area contributed by atoms with Crippen molar-refractivity contribution >= 4 is 17.7 Å². The molecule has 0 bridgehead atoms. The number of carbonyl (C=O) groups is 1. The van der Waals surface area contributed by atoms with Crippen molar-refractivity contribution in [2.24, 2.45) is 0 Å². The van der Waals surface area contributed by atoms with E-state index in [2.05, 4.69) is 39.0 Å². The van der Waals surface area contributed by atoms with E-state index in [0.29, 0.717) is 25.4 Å². The highest BCUT2D eigenvalue weighted by Gasteiger charge is 2.36. The van der Waals surface area contributed by atoms with Crippen molar-refractivity contribution in [3.05, 3.63) is 60.2 Å². The molecule has 5 rings (SSSR count). The van der Waals surface area contributed by atoms with E-state index in [1.807, 2.05) is 35.2 Å². The lowest BCUT2D eigenvalue weighted by Gasteiger charge is -2.43. The van der Waals surface area contributed by atoms with Crippen molar-refractivity contribution in [3.8, 4) is 17.1 Å². The van der Waals surface area contributed by atoms with Crippen molar-refractivity contribution in [2.75, 3.05) is 26.0 Å². The summed E-state index contributed by atoms with van der Waals surface area (Å²) in [5.74, 6) is 2.02. The molecule has 2 fully saturated rings. The van der Waals surface area contributed by atoms with Gasteiger partial charge in [0.15, 0.2) is 11.0 Å². The summed E-state index contributed by atoms with van der Waals surface area (Å²) in [6, 6.07) is 18.5. The van der Waals surface area contributed by atoms with E-state index in [0.717, 1.165) is 48.0 Å². The molecule has 1 aromatic heterocycles. The number of carbonyl (C=O) groups excluding carboxylic acids is 1. The van der Waals surface area contributed by atoms with Crippen LogP contribution in [0.5, 0.6) is 5.75 Å². The molecular weight excluding hydrogens is 460 g/mol. The minimum Gasteiger partial charge on any atom is -0.496 e. The van der Waals surface area contributed by atoms with E-state index in [1.54, 1.807) is 7.11 Å². The second-order valence-electron chi connectivity index (χ2n) is 9.03. The molecular formula is C27H32N4O3S. The molecule has 184 valence electrons. The van der Waals surface area contributed by atoms with Crippen LogP contribution in [-0.4, -0.2) is 63.7 Å². The first-order valence-corrected chi connectivity index (χ1v) is 13.4. The SMILES string of the molecule is COc1ccccc1-c1nnc(SCC(=O)N2CCOC3CCCCC32)n1CCc1ccccc1. The van der Waals surface area contributed by atoms with Crippen molar-refractivity contribution in [1.29, 1.82) is 0 Å². The standard InChI is InChI=1S/C27H32N4O3S/c1-33-23-13-7-5-11-21(23)26-28-29-27(31(26)16-15-20-9-3-2-4-10-20)35-19-25(32)30-17-18-34-24-14-8-6-12-22(24)30/h2-5,7,9-11,13,22,24H,6,8,12,14-19H2,1H3. The quantitative estimate of drug-likeness (QED) is 0.433. The number of thioether (sulfide) groups is 1. The largest absolute Gasteiger partial charge is 0.496 e. The molecule has 2 aliphatic rings. The molecule has 1 saturated heterocycles. The molecule has 0 spiro atoms. The number of hydrogen-bond donors (Lipinski definition) is 0. The highest BCUT2D eigenvalue weighted by Crippen LogP contribution is 2.32. The summed E-state index contributed by atoms with van der Waals surface area (Å²) in [6.45, 7) is 2.01.